The summed E-state index contributed by atoms with van der Waals surface area (Å²) < 4.78 is 14.0. The number of pyridine rings is 1. The zero-order chi connectivity index (χ0) is 12.3. The van der Waals surface area contributed by atoms with Gasteiger partial charge < -0.3 is 5.73 Å². The van der Waals surface area contributed by atoms with Gasteiger partial charge in [-0.3, -0.25) is 4.98 Å². The molecule has 0 aliphatic heterocycles. The van der Waals surface area contributed by atoms with Crippen molar-refractivity contribution in [1.29, 1.82) is 0 Å². The van der Waals surface area contributed by atoms with E-state index in [2.05, 4.69) is 20.9 Å². The van der Waals surface area contributed by atoms with Crippen LogP contribution in [0.3, 0.4) is 0 Å². The minimum Gasteiger partial charge on any atom is -0.324 e. The Morgan fingerprint density at radius 2 is 2.12 bits per heavy atom. The topological polar surface area (TPSA) is 38.9 Å². The monoisotopic (exact) mass is 294 g/mol. The zero-order valence-corrected chi connectivity index (χ0v) is 10.7. The molecule has 4 heteroatoms. The molecule has 0 bridgehead atoms. The summed E-state index contributed by atoms with van der Waals surface area (Å²) in [5.41, 5.74) is 7.72. The van der Waals surface area contributed by atoms with Gasteiger partial charge >= 0.3 is 0 Å². The molecule has 0 saturated carbocycles. The van der Waals surface area contributed by atoms with Gasteiger partial charge in [0.05, 0.1) is 0 Å². The van der Waals surface area contributed by atoms with Crippen LogP contribution >= 0.6 is 15.9 Å². The van der Waals surface area contributed by atoms with E-state index >= 15 is 0 Å². The molecule has 2 rings (SSSR count). The van der Waals surface area contributed by atoms with Gasteiger partial charge in [-0.1, -0.05) is 22.0 Å². The predicted molar refractivity (Wildman–Crippen MR) is 69.0 cm³/mol. The lowest BCUT2D eigenvalue weighted by Gasteiger charge is -2.13. The van der Waals surface area contributed by atoms with Gasteiger partial charge in [0.2, 0.25) is 0 Å². The van der Waals surface area contributed by atoms with Crippen LogP contribution in [-0.4, -0.2) is 4.98 Å². The number of nitrogens with zero attached hydrogens (tertiary/aromatic N) is 1. The second-order valence-electron chi connectivity index (χ2n) is 3.80. The summed E-state index contributed by atoms with van der Waals surface area (Å²) in [7, 11) is 0. The molecule has 1 heterocycles. The maximum atomic E-state index is 13.2. The standard InChI is InChI=1S/C13H12BrFN2/c14-12-5-4-9(15)7-11(12)13(16)8-10-3-1-2-6-17-10/h1-7,13H,8,16H2. The third kappa shape index (κ3) is 3.11. The average Bonchev–Trinajstić information content (AvgIpc) is 2.33. The van der Waals surface area contributed by atoms with E-state index in [1.165, 1.54) is 12.1 Å². The first-order valence-electron chi connectivity index (χ1n) is 5.27. The van der Waals surface area contributed by atoms with Gasteiger partial charge in [0.15, 0.2) is 0 Å². The Morgan fingerprint density at radius 1 is 1.29 bits per heavy atom. The summed E-state index contributed by atoms with van der Waals surface area (Å²) in [4.78, 5) is 4.21. The molecule has 2 N–H and O–H groups in total. The van der Waals surface area contributed by atoms with Gasteiger partial charge in [0.1, 0.15) is 5.82 Å². The molecule has 0 fully saturated rings. The molecule has 0 amide bonds. The molecule has 0 aliphatic rings. The highest BCUT2D eigenvalue weighted by molar-refractivity contribution is 9.10. The van der Waals surface area contributed by atoms with Crippen molar-refractivity contribution >= 4 is 15.9 Å². The second-order valence-corrected chi connectivity index (χ2v) is 4.65. The zero-order valence-electron chi connectivity index (χ0n) is 9.11. The molecule has 1 unspecified atom stereocenters. The minimum atomic E-state index is -0.278. The molecule has 0 aliphatic carbocycles. The molecule has 2 nitrogen and oxygen atoms in total. The van der Waals surface area contributed by atoms with Gasteiger partial charge in [-0.15, -0.1) is 0 Å². The normalized spacial score (nSPS) is 12.4. The quantitative estimate of drug-likeness (QED) is 0.944. The fourth-order valence-corrected chi connectivity index (χ4v) is 2.19. The van der Waals surface area contributed by atoms with E-state index in [0.29, 0.717) is 6.42 Å². The number of hydrogen-bond donors (Lipinski definition) is 1. The lowest BCUT2D eigenvalue weighted by Crippen LogP contribution is -2.14. The Labute approximate surface area is 108 Å². The van der Waals surface area contributed by atoms with Crippen molar-refractivity contribution in [3.63, 3.8) is 0 Å². The fraction of sp³-hybridized carbons (Fsp3) is 0.154. The Balaban J connectivity index is 2.20. The molecular formula is C13H12BrFN2. The van der Waals surface area contributed by atoms with E-state index in [1.807, 2.05) is 18.2 Å². The van der Waals surface area contributed by atoms with E-state index in [1.54, 1.807) is 12.3 Å². The van der Waals surface area contributed by atoms with Crippen molar-refractivity contribution < 1.29 is 4.39 Å². The first-order valence-corrected chi connectivity index (χ1v) is 6.06. The lowest BCUT2D eigenvalue weighted by atomic mass is 10.0. The fourth-order valence-electron chi connectivity index (χ4n) is 1.65. The molecule has 1 aromatic carbocycles. The van der Waals surface area contributed by atoms with Gasteiger partial charge in [-0.25, -0.2) is 4.39 Å². The molecule has 0 saturated heterocycles. The number of benzene rings is 1. The van der Waals surface area contributed by atoms with Gasteiger partial charge in [-0.05, 0) is 35.9 Å². The van der Waals surface area contributed by atoms with Crippen LogP contribution in [0.4, 0.5) is 4.39 Å². The highest BCUT2D eigenvalue weighted by Crippen LogP contribution is 2.24. The third-order valence-electron chi connectivity index (χ3n) is 2.51. The molecule has 1 aromatic heterocycles. The van der Waals surface area contributed by atoms with Crippen LogP contribution in [0.15, 0.2) is 47.1 Å². The Kier molecular flexibility index (Phi) is 3.86. The number of aromatic nitrogens is 1. The highest BCUT2D eigenvalue weighted by Gasteiger charge is 2.12. The van der Waals surface area contributed by atoms with Gasteiger partial charge in [0.25, 0.3) is 0 Å². The van der Waals surface area contributed by atoms with Gasteiger partial charge in [0, 0.05) is 28.8 Å². The first-order chi connectivity index (χ1) is 8.16. The number of nitrogens with two attached hydrogens (primary N) is 1. The summed E-state index contributed by atoms with van der Waals surface area (Å²) in [5, 5.41) is 0. The smallest absolute Gasteiger partial charge is 0.123 e. The number of rotatable bonds is 3. The van der Waals surface area contributed by atoms with Crippen LogP contribution in [0.5, 0.6) is 0 Å². The van der Waals surface area contributed by atoms with Crippen LogP contribution in [-0.2, 0) is 6.42 Å². The molecular weight excluding hydrogens is 283 g/mol. The van der Waals surface area contributed by atoms with Crippen LogP contribution in [0, 0.1) is 5.82 Å². The molecule has 88 valence electrons. The Morgan fingerprint density at radius 3 is 2.82 bits per heavy atom. The summed E-state index contributed by atoms with van der Waals surface area (Å²) in [5.74, 6) is -0.278. The maximum Gasteiger partial charge on any atom is 0.123 e. The minimum absolute atomic E-state index is 0.269. The molecule has 1 atom stereocenters. The van der Waals surface area contributed by atoms with E-state index < -0.39 is 0 Å². The molecule has 0 spiro atoms. The SMILES string of the molecule is NC(Cc1ccccn1)c1cc(F)ccc1Br. The summed E-state index contributed by atoms with van der Waals surface area (Å²) in [6.07, 6.45) is 2.31. The van der Waals surface area contributed by atoms with Crippen molar-refractivity contribution in [2.75, 3.05) is 0 Å². The number of hydrogen-bond acceptors (Lipinski definition) is 2. The summed E-state index contributed by atoms with van der Waals surface area (Å²) >= 11 is 3.38. The summed E-state index contributed by atoms with van der Waals surface area (Å²) in [6.45, 7) is 0. The Hall–Kier alpha value is -1.26. The van der Waals surface area contributed by atoms with Crippen molar-refractivity contribution in [2.45, 2.75) is 12.5 Å². The van der Waals surface area contributed by atoms with Crippen molar-refractivity contribution in [3.05, 3.63) is 64.1 Å². The van der Waals surface area contributed by atoms with Crippen molar-refractivity contribution in [3.8, 4) is 0 Å². The van der Waals surface area contributed by atoms with Crippen LogP contribution in [0.1, 0.15) is 17.3 Å². The van der Waals surface area contributed by atoms with Crippen molar-refractivity contribution in [2.24, 2.45) is 5.73 Å². The molecule has 2 aromatic rings. The van der Waals surface area contributed by atoms with Crippen LogP contribution in [0.25, 0.3) is 0 Å². The first kappa shape index (κ1) is 12.2. The van der Waals surface area contributed by atoms with E-state index in [-0.39, 0.29) is 11.9 Å². The number of halogens is 2. The average molecular weight is 295 g/mol. The molecule has 0 radical (unpaired) electrons. The summed E-state index contributed by atoms with van der Waals surface area (Å²) in [6, 6.07) is 9.94. The van der Waals surface area contributed by atoms with Crippen LogP contribution < -0.4 is 5.73 Å². The predicted octanol–water partition coefficient (Wildman–Crippen LogP) is 3.23. The van der Waals surface area contributed by atoms with Crippen molar-refractivity contribution in [1.82, 2.24) is 4.98 Å². The van der Waals surface area contributed by atoms with Gasteiger partial charge in [-0.2, -0.15) is 0 Å². The highest BCUT2D eigenvalue weighted by atomic mass is 79.9. The van der Waals surface area contributed by atoms with E-state index in [0.717, 1.165) is 15.7 Å². The maximum absolute atomic E-state index is 13.2. The second kappa shape index (κ2) is 5.38. The molecule has 17 heavy (non-hydrogen) atoms. The Bertz CT molecular complexity index is 502. The third-order valence-corrected chi connectivity index (χ3v) is 3.23. The van der Waals surface area contributed by atoms with Crippen LogP contribution in [0.2, 0.25) is 0 Å². The largest absolute Gasteiger partial charge is 0.324 e. The van der Waals surface area contributed by atoms with E-state index in [9.17, 15) is 4.39 Å². The lowest BCUT2D eigenvalue weighted by molar-refractivity contribution is 0.616. The van der Waals surface area contributed by atoms with E-state index in [4.69, 9.17) is 5.73 Å².